The normalized spacial score (nSPS) is 14.0. The van der Waals surface area contributed by atoms with Crippen LogP contribution >= 0.6 is 15.9 Å². The summed E-state index contributed by atoms with van der Waals surface area (Å²) >= 11 is 3.45. The fourth-order valence-corrected chi connectivity index (χ4v) is 3.66. The molecule has 0 amide bonds. The highest BCUT2D eigenvalue weighted by Crippen LogP contribution is 2.33. The van der Waals surface area contributed by atoms with Gasteiger partial charge in [0.15, 0.2) is 0 Å². The van der Waals surface area contributed by atoms with Crippen molar-refractivity contribution in [2.24, 2.45) is 0 Å². The van der Waals surface area contributed by atoms with Crippen LogP contribution in [0.5, 0.6) is 0 Å². The number of ether oxygens (including phenoxy) is 1. The molecule has 0 saturated carbocycles. The van der Waals surface area contributed by atoms with Crippen molar-refractivity contribution in [3.05, 3.63) is 52.0 Å². The molecule has 0 radical (unpaired) electrons. The van der Waals surface area contributed by atoms with E-state index in [4.69, 9.17) is 4.74 Å². The molecule has 1 aliphatic carbocycles. The number of allylic oxidation sites excluding steroid dienone is 1. The SMILES string of the molecule is C[Si](C)(C)CCOCn1cc(C2=CCc3cnc(Br)cc32)cn1. The van der Waals surface area contributed by atoms with Crippen molar-refractivity contribution in [1.82, 2.24) is 14.8 Å². The van der Waals surface area contributed by atoms with Crippen molar-refractivity contribution in [2.45, 2.75) is 38.8 Å². The summed E-state index contributed by atoms with van der Waals surface area (Å²) in [7, 11) is -1.03. The Morgan fingerprint density at radius 2 is 2.13 bits per heavy atom. The van der Waals surface area contributed by atoms with Gasteiger partial charge in [0.05, 0.1) is 6.20 Å². The van der Waals surface area contributed by atoms with Gasteiger partial charge in [0.25, 0.3) is 0 Å². The van der Waals surface area contributed by atoms with E-state index in [9.17, 15) is 0 Å². The van der Waals surface area contributed by atoms with E-state index in [1.165, 1.54) is 22.7 Å². The minimum atomic E-state index is -1.03. The number of pyridine rings is 1. The number of rotatable bonds is 6. The van der Waals surface area contributed by atoms with Crippen LogP contribution in [0, 0.1) is 0 Å². The zero-order chi connectivity index (χ0) is 16.4. The van der Waals surface area contributed by atoms with Crippen LogP contribution < -0.4 is 0 Å². The summed E-state index contributed by atoms with van der Waals surface area (Å²) in [6.45, 7) is 8.41. The van der Waals surface area contributed by atoms with E-state index in [0.717, 1.165) is 23.2 Å². The average Bonchev–Trinajstić information content (AvgIpc) is 3.08. The van der Waals surface area contributed by atoms with Gasteiger partial charge in [0, 0.05) is 32.6 Å². The lowest BCUT2D eigenvalue weighted by Gasteiger charge is -2.15. The molecular formula is C17H22BrN3OSi. The smallest absolute Gasteiger partial charge is 0.139 e. The third-order valence-electron chi connectivity index (χ3n) is 3.93. The van der Waals surface area contributed by atoms with Crippen molar-refractivity contribution < 1.29 is 4.74 Å². The van der Waals surface area contributed by atoms with E-state index in [1.54, 1.807) is 0 Å². The molecule has 0 aliphatic heterocycles. The predicted octanol–water partition coefficient (Wildman–Crippen LogP) is 4.34. The summed E-state index contributed by atoms with van der Waals surface area (Å²) in [5, 5.41) is 4.42. The summed E-state index contributed by atoms with van der Waals surface area (Å²) in [4.78, 5) is 4.30. The molecule has 0 N–H and O–H groups in total. The summed E-state index contributed by atoms with van der Waals surface area (Å²) in [6, 6.07) is 3.26. The Morgan fingerprint density at radius 3 is 2.91 bits per heavy atom. The molecule has 2 aromatic heterocycles. The van der Waals surface area contributed by atoms with Gasteiger partial charge in [0.1, 0.15) is 11.3 Å². The lowest BCUT2D eigenvalue weighted by Crippen LogP contribution is -2.22. The zero-order valence-electron chi connectivity index (χ0n) is 13.8. The Hall–Kier alpha value is -1.24. The monoisotopic (exact) mass is 391 g/mol. The van der Waals surface area contributed by atoms with E-state index in [2.05, 4.69) is 64.0 Å². The van der Waals surface area contributed by atoms with Gasteiger partial charge in [0.2, 0.25) is 0 Å². The topological polar surface area (TPSA) is 39.9 Å². The molecule has 1 aliphatic rings. The maximum atomic E-state index is 5.76. The van der Waals surface area contributed by atoms with E-state index in [0.29, 0.717) is 6.73 Å². The van der Waals surface area contributed by atoms with Crippen LogP contribution in [0.1, 0.15) is 16.7 Å². The van der Waals surface area contributed by atoms with Crippen molar-refractivity contribution in [1.29, 1.82) is 0 Å². The molecule has 23 heavy (non-hydrogen) atoms. The number of halogens is 1. The molecule has 0 fully saturated rings. The first-order valence-corrected chi connectivity index (χ1v) is 12.4. The average molecular weight is 392 g/mol. The van der Waals surface area contributed by atoms with Crippen LogP contribution in [0.3, 0.4) is 0 Å². The molecule has 6 heteroatoms. The quantitative estimate of drug-likeness (QED) is 0.417. The highest BCUT2D eigenvalue weighted by atomic mass is 79.9. The maximum absolute atomic E-state index is 5.76. The highest BCUT2D eigenvalue weighted by Gasteiger charge is 2.18. The van der Waals surface area contributed by atoms with Crippen molar-refractivity contribution in [2.75, 3.05) is 6.61 Å². The molecule has 0 bridgehead atoms. The van der Waals surface area contributed by atoms with Crippen LogP contribution in [0.4, 0.5) is 0 Å². The molecule has 3 rings (SSSR count). The summed E-state index contributed by atoms with van der Waals surface area (Å²) in [6.07, 6.45) is 9.09. The minimum absolute atomic E-state index is 0.519. The summed E-state index contributed by atoms with van der Waals surface area (Å²) < 4.78 is 8.49. The van der Waals surface area contributed by atoms with Crippen molar-refractivity contribution in [3.63, 3.8) is 0 Å². The molecule has 4 nitrogen and oxygen atoms in total. The third-order valence-corrected chi connectivity index (χ3v) is 6.07. The summed E-state index contributed by atoms with van der Waals surface area (Å²) in [5.74, 6) is 0. The van der Waals surface area contributed by atoms with E-state index in [-0.39, 0.29) is 0 Å². The second kappa shape index (κ2) is 6.71. The largest absolute Gasteiger partial charge is 0.360 e. The molecule has 0 spiro atoms. The lowest BCUT2D eigenvalue weighted by atomic mass is 10.0. The fraction of sp³-hybridized carbons (Fsp3) is 0.412. The minimum Gasteiger partial charge on any atom is -0.360 e. The number of fused-ring (bicyclic) bond motifs is 1. The molecule has 0 aromatic carbocycles. The van der Waals surface area contributed by atoms with Gasteiger partial charge in [-0.3, -0.25) is 0 Å². The summed E-state index contributed by atoms with van der Waals surface area (Å²) in [5.41, 5.74) is 4.88. The van der Waals surface area contributed by atoms with E-state index >= 15 is 0 Å². The Balaban J connectivity index is 1.64. The van der Waals surface area contributed by atoms with Gasteiger partial charge >= 0.3 is 0 Å². The van der Waals surface area contributed by atoms with Crippen molar-refractivity contribution >= 4 is 29.6 Å². The van der Waals surface area contributed by atoms with E-state index < -0.39 is 8.07 Å². The first-order valence-electron chi connectivity index (χ1n) is 7.88. The molecule has 122 valence electrons. The second-order valence-corrected chi connectivity index (χ2v) is 13.5. The molecule has 0 atom stereocenters. The maximum Gasteiger partial charge on any atom is 0.139 e. The molecule has 2 aromatic rings. The van der Waals surface area contributed by atoms with Gasteiger partial charge in [-0.15, -0.1) is 0 Å². The predicted molar refractivity (Wildman–Crippen MR) is 99.1 cm³/mol. The van der Waals surface area contributed by atoms with Crippen LogP contribution in [-0.2, 0) is 17.9 Å². The zero-order valence-corrected chi connectivity index (χ0v) is 16.4. The van der Waals surface area contributed by atoms with Crippen molar-refractivity contribution in [3.8, 4) is 0 Å². The molecule has 0 unspecified atom stereocenters. The first-order chi connectivity index (χ1) is 10.9. The number of hydrogen-bond acceptors (Lipinski definition) is 3. The van der Waals surface area contributed by atoms with Crippen LogP contribution in [0.2, 0.25) is 25.7 Å². The van der Waals surface area contributed by atoms with E-state index in [1.807, 2.05) is 17.1 Å². The molecule has 0 saturated heterocycles. The Morgan fingerprint density at radius 1 is 1.30 bits per heavy atom. The lowest BCUT2D eigenvalue weighted by molar-refractivity contribution is 0.0786. The van der Waals surface area contributed by atoms with Gasteiger partial charge in [-0.1, -0.05) is 25.7 Å². The second-order valence-electron chi connectivity index (χ2n) is 7.10. The first kappa shape index (κ1) is 16.6. The van der Waals surface area contributed by atoms with Gasteiger partial charge < -0.3 is 4.74 Å². The number of nitrogens with zero attached hydrogens (tertiary/aromatic N) is 3. The fourth-order valence-electron chi connectivity index (χ4n) is 2.58. The third kappa shape index (κ3) is 4.19. The van der Waals surface area contributed by atoms with Crippen LogP contribution in [-0.4, -0.2) is 29.4 Å². The van der Waals surface area contributed by atoms with Crippen LogP contribution in [0.25, 0.3) is 5.57 Å². The number of hydrogen-bond donors (Lipinski definition) is 0. The van der Waals surface area contributed by atoms with Gasteiger partial charge in [-0.05, 0) is 51.2 Å². The van der Waals surface area contributed by atoms with Gasteiger partial charge in [-0.2, -0.15) is 5.10 Å². The molecular weight excluding hydrogens is 370 g/mol. The standard InChI is InChI=1S/C17H22BrN3OSi/c1-23(2,3)7-6-22-12-21-11-14(10-20-21)15-5-4-13-9-19-17(18)8-16(13)15/h5,8-11H,4,6-7,12H2,1-3H3. The Bertz CT molecular complexity index is 734. The molecule has 2 heterocycles. The van der Waals surface area contributed by atoms with Crippen LogP contribution in [0.15, 0.2) is 35.3 Å². The Labute approximate surface area is 146 Å². The highest BCUT2D eigenvalue weighted by molar-refractivity contribution is 9.10. The van der Waals surface area contributed by atoms with Gasteiger partial charge in [-0.25, -0.2) is 9.67 Å². The Kier molecular flexibility index (Phi) is 4.84. The number of aromatic nitrogens is 3.